The molecule has 3 rings (SSSR count). The Balaban J connectivity index is 1.72. The van der Waals surface area contributed by atoms with Gasteiger partial charge in [-0.2, -0.15) is 0 Å². The quantitative estimate of drug-likeness (QED) is 0.902. The van der Waals surface area contributed by atoms with Gasteiger partial charge in [0.25, 0.3) is 0 Å². The van der Waals surface area contributed by atoms with Crippen LogP contribution in [0.2, 0.25) is 0 Å². The molecular weight excluding hydrogens is 286 g/mol. The van der Waals surface area contributed by atoms with Crippen LogP contribution in [0.15, 0.2) is 48.5 Å². The van der Waals surface area contributed by atoms with Crippen molar-refractivity contribution in [3.63, 3.8) is 0 Å². The molecule has 3 heteroatoms. The summed E-state index contributed by atoms with van der Waals surface area (Å²) in [5.74, 6) is 0.114. The van der Waals surface area contributed by atoms with Gasteiger partial charge in [0.05, 0.1) is 0 Å². The summed E-state index contributed by atoms with van der Waals surface area (Å²) >= 11 is 0. The standard InChI is InChI=1S/C20H23NO2/c1-20(2,3)13-21-19(22)23-12-18-16-10-6-4-8-14(16)15-9-5-7-11-17(15)18/h4-11,18H,12-13H2,1-3H3,(H,21,22). The number of amides is 1. The van der Waals surface area contributed by atoms with E-state index in [9.17, 15) is 4.79 Å². The molecule has 3 nitrogen and oxygen atoms in total. The molecule has 2 aromatic rings. The van der Waals surface area contributed by atoms with Crippen LogP contribution in [0.25, 0.3) is 11.1 Å². The molecule has 0 radical (unpaired) electrons. The van der Waals surface area contributed by atoms with Crippen molar-refractivity contribution in [2.75, 3.05) is 13.2 Å². The second-order valence-corrected chi connectivity index (χ2v) is 7.24. The number of nitrogens with one attached hydrogen (secondary N) is 1. The summed E-state index contributed by atoms with van der Waals surface area (Å²) < 4.78 is 5.49. The Hall–Kier alpha value is -2.29. The molecule has 0 spiro atoms. The largest absolute Gasteiger partial charge is 0.449 e. The van der Waals surface area contributed by atoms with Gasteiger partial charge in [0, 0.05) is 12.5 Å². The summed E-state index contributed by atoms with van der Waals surface area (Å²) in [5, 5.41) is 2.83. The molecule has 0 fully saturated rings. The molecule has 0 saturated heterocycles. The maximum absolute atomic E-state index is 11.9. The van der Waals surface area contributed by atoms with Crippen LogP contribution in [-0.2, 0) is 4.74 Å². The minimum Gasteiger partial charge on any atom is -0.449 e. The van der Waals surface area contributed by atoms with Crippen molar-refractivity contribution in [3.05, 3.63) is 59.7 Å². The van der Waals surface area contributed by atoms with E-state index in [0.29, 0.717) is 13.2 Å². The molecule has 1 aliphatic rings. The summed E-state index contributed by atoms with van der Waals surface area (Å²) in [6, 6.07) is 16.7. The van der Waals surface area contributed by atoms with E-state index in [0.717, 1.165) is 0 Å². The zero-order chi connectivity index (χ0) is 16.4. The second-order valence-electron chi connectivity index (χ2n) is 7.24. The van der Waals surface area contributed by atoms with E-state index in [4.69, 9.17) is 4.74 Å². The Labute approximate surface area is 137 Å². The van der Waals surface area contributed by atoms with Crippen molar-refractivity contribution in [1.82, 2.24) is 5.32 Å². The van der Waals surface area contributed by atoms with Gasteiger partial charge in [-0.1, -0.05) is 69.3 Å². The molecule has 120 valence electrons. The van der Waals surface area contributed by atoms with Gasteiger partial charge < -0.3 is 10.1 Å². The van der Waals surface area contributed by atoms with Gasteiger partial charge in [-0.15, -0.1) is 0 Å². The number of carbonyl (C=O) groups excluding carboxylic acids is 1. The van der Waals surface area contributed by atoms with E-state index in [2.05, 4.69) is 62.5 Å². The SMILES string of the molecule is CC(C)(C)CNC(=O)OCC1c2ccccc2-c2ccccc21. The number of rotatable bonds is 3. The fourth-order valence-corrected chi connectivity index (χ4v) is 2.99. The first-order valence-corrected chi connectivity index (χ1v) is 8.04. The molecular formula is C20H23NO2. The van der Waals surface area contributed by atoms with Crippen LogP contribution in [0.1, 0.15) is 37.8 Å². The molecule has 1 amide bonds. The van der Waals surface area contributed by atoms with Gasteiger partial charge in [-0.25, -0.2) is 4.79 Å². The first-order valence-electron chi connectivity index (χ1n) is 8.04. The van der Waals surface area contributed by atoms with Gasteiger partial charge in [-0.3, -0.25) is 0 Å². The molecule has 0 heterocycles. The Kier molecular flexibility index (Phi) is 4.12. The summed E-state index contributed by atoms with van der Waals surface area (Å²) in [5.41, 5.74) is 5.00. The van der Waals surface area contributed by atoms with Crippen LogP contribution in [0, 0.1) is 5.41 Å². The van der Waals surface area contributed by atoms with Gasteiger partial charge >= 0.3 is 6.09 Å². The molecule has 0 aliphatic heterocycles. The van der Waals surface area contributed by atoms with Crippen molar-refractivity contribution in [3.8, 4) is 11.1 Å². The molecule has 0 unspecified atom stereocenters. The number of benzene rings is 2. The maximum atomic E-state index is 11.9. The summed E-state index contributed by atoms with van der Waals surface area (Å²) in [6.07, 6.45) is -0.346. The van der Waals surface area contributed by atoms with E-state index in [1.54, 1.807) is 0 Å². The van der Waals surface area contributed by atoms with E-state index in [1.807, 2.05) is 12.1 Å². The minimum atomic E-state index is -0.346. The van der Waals surface area contributed by atoms with Gasteiger partial charge in [-0.05, 0) is 27.7 Å². The van der Waals surface area contributed by atoms with E-state index in [1.165, 1.54) is 22.3 Å². The smallest absolute Gasteiger partial charge is 0.407 e. The van der Waals surface area contributed by atoms with Crippen molar-refractivity contribution >= 4 is 6.09 Å². The highest BCUT2D eigenvalue weighted by atomic mass is 16.5. The highest BCUT2D eigenvalue weighted by Crippen LogP contribution is 2.44. The molecule has 1 aliphatic carbocycles. The van der Waals surface area contributed by atoms with Crippen molar-refractivity contribution < 1.29 is 9.53 Å². The number of fused-ring (bicyclic) bond motifs is 3. The third-order valence-corrected chi connectivity index (χ3v) is 4.11. The third-order valence-electron chi connectivity index (χ3n) is 4.11. The van der Waals surface area contributed by atoms with Crippen LogP contribution in [0.5, 0.6) is 0 Å². The normalized spacial score (nSPS) is 13.3. The number of ether oxygens (including phenoxy) is 1. The highest BCUT2D eigenvalue weighted by Gasteiger charge is 2.29. The van der Waals surface area contributed by atoms with Crippen molar-refractivity contribution in [2.24, 2.45) is 5.41 Å². The lowest BCUT2D eigenvalue weighted by Gasteiger charge is -2.19. The summed E-state index contributed by atoms with van der Waals surface area (Å²) in [6.45, 7) is 7.21. The maximum Gasteiger partial charge on any atom is 0.407 e. The monoisotopic (exact) mass is 309 g/mol. The molecule has 0 aromatic heterocycles. The average Bonchev–Trinajstić information content (AvgIpc) is 2.84. The number of alkyl carbamates (subject to hydrolysis) is 1. The molecule has 1 N–H and O–H groups in total. The number of carbonyl (C=O) groups is 1. The van der Waals surface area contributed by atoms with Crippen molar-refractivity contribution in [2.45, 2.75) is 26.7 Å². The van der Waals surface area contributed by atoms with Gasteiger partial charge in [0.1, 0.15) is 6.61 Å². The third kappa shape index (κ3) is 3.39. The predicted molar refractivity (Wildman–Crippen MR) is 92.5 cm³/mol. The van der Waals surface area contributed by atoms with E-state index in [-0.39, 0.29) is 17.4 Å². The lowest BCUT2D eigenvalue weighted by atomic mass is 9.97. The van der Waals surface area contributed by atoms with Crippen LogP contribution in [0.3, 0.4) is 0 Å². The Bertz CT molecular complexity index is 670. The van der Waals surface area contributed by atoms with E-state index < -0.39 is 0 Å². The lowest BCUT2D eigenvalue weighted by Crippen LogP contribution is -2.33. The Morgan fingerprint density at radius 3 is 2.04 bits per heavy atom. The van der Waals surface area contributed by atoms with E-state index >= 15 is 0 Å². The number of hydrogen-bond acceptors (Lipinski definition) is 2. The minimum absolute atomic E-state index is 0.0472. The predicted octanol–water partition coefficient (Wildman–Crippen LogP) is 4.57. The number of hydrogen-bond donors (Lipinski definition) is 1. The van der Waals surface area contributed by atoms with Crippen LogP contribution >= 0.6 is 0 Å². The molecule has 23 heavy (non-hydrogen) atoms. The lowest BCUT2D eigenvalue weighted by molar-refractivity contribution is 0.139. The Morgan fingerprint density at radius 2 is 1.52 bits per heavy atom. The zero-order valence-corrected chi connectivity index (χ0v) is 13.9. The molecule has 0 saturated carbocycles. The van der Waals surface area contributed by atoms with Crippen molar-refractivity contribution in [1.29, 1.82) is 0 Å². The van der Waals surface area contributed by atoms with Crippen LogP contribution in [-0.4, -0.2) is 19.2 Å². The topological polar surface area (TPSA) is 38.3 Å². The first kappa shape index (κ1) is 15.6. The summed E-state index contributed by atoms with van der Waals surface area (Å²) in [7, 11) is 0. The molecule has 0 bridgehead atoms. The van der Waals surface area contributed by atoms with Gasteiger partial charge in [0.15, 0.2) is 0 Å². The second kappa shape index (κ2) is 6.07. The fraction of sp³-hybridized carbons (Fsp3) is 0.350. The van der Waals surface area contributed by atoms with Gasteiger partial charge in [0.2, 0.25) is 0 Å². The fourth-order valence-electron chi connectivity index (χ4n) is 2.99. The zero-order valence-electron chi connectivity index (χ0n) is 13.9. The average molecular weight is 309 g/mol. The molecule has 0 atom stereocenters. The Morgan fingerprint density at radius 1 is 1.00 bits per heavy atom. The molecule has 2 aromatic carbocycles. The van der Waals surface area contributed by atoms with Crippen LogP contribution < -0.4 is 5.32 Å². The highest BCUT2D eigenvalue weighted by molar-refractivity contribution is 5.79. The first-order chi connectivity index (χ1) is 11.0. The van der Waals surface area contributed by atoms with Crippen LogP contribution in [0.4, 0.5) is 4.79 Å². The summed E-state index contributed by atoms with van der Waals surface area (Å²) in [4.78, 5) is 11.9.